The second-order valence-electron chi connectivity index (χ2n) is 6.88. The van der Waals surface area contributed by atoms with E-state index in [2.05, 4.69) is 16.4 Å². The number of nitriles is 1. The number of benzene rings is 2. The van der Waals surface area contributed by atoms with E-state index in [4.69, 9.17) is 26.1 Å². The fourth-order valence-electron chi connectivity index (χ4n) is 2.87. The van der Waals surface area contributed by atoms with Crippen molar-refractivity contribution in [1.82, 2.24) is 4.72 Å². The molecular formula is C20H18ClFN3O6PS2. The van der Waals surface area contributed by atoms with Gasteiger partial charge in [0.25, 0.3) is 10.0 Å². The van der Waals surface area contributed by atoms with Crippen molar-refractivity contribution in [1.29, 1.82) is 5.26 Å². The third-order valence-electron chi connectivity index (χ3n) is 4.45. The van der Waals surface area contributed by atoms with Crippen LogP contribution in [0.2, 0.25) is 5.02 Å². The van der Waals surface area contributed by atoms with Gasteiger partial charge in [-0.2, -0.15) is 9.98 Å². The van der Waals surface area contributed by atoms with Crippen LogP contribution in [0.4, 0.5) is 4.39 Å². The highest BCUT2D eigenvalue weighted by atomic mass is 35.5. The second kappa shape index (κ2) is 10.4. The van der Waals surface area contributed by atoms with Crippen LogP contribution in [-0.4, -0.2) is 39.5 Å². The van der Waals surface area contributed by atoms with Crippen LogP contribution in [0.25, 0.3) is 10.1 Å². The molecule has 3 rings (SSSR count). The first-order valence-corrected chi connectivity index (χ1v) is 13.9. The molecule has 9 nitrogen and oxygen atoms in total. The van der Waals surface area contributed by atoms with E-state index in [1.54, 1.807) is 25.1 Å². The summed E-state index contributed by atoms with van der Waals surface area (Å²) in [6.45, 7) is 5.60. The third-order valence-corrected chi connectivity index (χ3v) is 9.49. The Kier molecular flexibility index (Phi) is 7.98. The number of nitrogens with one attached hydrogen (secondary N) is 1. The van der Waals surface area contributed by atoms with E-state index in [1.807, 2.05) is 0 Å². The Morgan fingerprint density at radius 2 is 2.09 bits per heavy atom. The summed E-state index contributed by atoms with van der Waals surface area (Å²) < 4.78 is 64.7. The average molecular weight is 546 g/mol. The molecule has 180 valence electrons. The van der Waals surface area contributed by atoms with Gasteiger partial charge in [-0.3, -0.25) is 4.99 Å². The minimum Gasteiger partial charge on any atom is -0.492 e. The largest absolute Gasteiger partial charge is 0.492 e. The number of halogens is 2. The highest BCUT2D eigenvalue weighted by Gasteiger charge is 2.29. The van der Waals surface area contributed by atoms with Gasteiger partial charge in [-0.15, -0.1) is 11.3 Å². The van der Waals surface area contributed by atoms with Crippen LogP contribution in [0.15, 0.2) is 39.5 Å². The number of ether oxygens (including phenoxy) is 1. The smallest absolute Gasteiger partial charge is 0.391 e. The summed E-state index contributed by atoms with van der Waals surface area (Å²) in [5.41, 5.74) is 0.107. The van der Waals surface area contributed by atoms with Crippen LogP contribution in [-0.2, 0) is 14.6 Å². The number of fused-ring (bicyclic) bond motifs is 1. The zero-order valence-corrected chi connectivity index (χ0v) is 20.9. The average Bonchev–Trinajstić information content (AvgIpc) is 3.11. The summed E-state index contributed by atoms with van der Waals surface area (Å²) >= 11 is 7.21. The maximum atomic E-state index is 13.7. The zero-order chi connectivity index (χ0) is 25.1. The molecule has 0 radical (unpaired) electrons. The van der Waals surface area contributed by atoms with Gasteiger partial charge in [-0.25, -0.2) is 17.4 Å². The SMILES string of the molecule is C=NCCOc1cc(Cl)c2sc(S(=O)(=O)NCP(=O)(O)Oc3ccc(C#N)c(F)c3)c(C)c2c1. The lowest BCUT2D eigenvalue weighted by Crippen LogP contribution is -2.25. The van der Waals surface area contributed by atoms with Gasteiger partial charge in [0.1, 0.15) is 40.5 Å². The van der Waals surface area contributed by atoms with Crippen molar-refractivity contribution in [2.24, 2.45) is 4.99 Å². The predicted octanol–water partition coefficient (Wildman–Crippen LogP) is 4.45. The number of rotatable bonds is 10. The van der Waals surface area contributed by atoms with Crippen molar-refractivity contribution in [3.05, 3.63) is 52.3 Å². The molecule has 0 aliphatic rings. The molecule has 0 fully saturated rings. The Hall–Kier alpha value is -2.52. The highest BCUT2D eigenvalue weighted by molar-refractivity contribution is 7.92. The lowest BCUT2D eigenvalue weighted by molar-refractivity contribution is 0.329. The van der Waals surface area contributed by atoms with E-state index in [1.165, 1.54) is 0 Å². The van der Waals surface area contributed by atoms with E-state index in [-0.39, 0.29) is 27.2 Å². The Balaban J connectivity index is 1.80. The minimum atomic E-state index is -4.55. The van der Waals surface area contributed by atoms with E-state index < -0.39 is 29.7 Å². The molecule has 14 heteroatoms. The summed E-state index contributed by atoms with van der Waals surface area (Å²) in [4.78, 5) is 13.8. The van der Waals surface area contributed by atoms with Crippen molar-refractivity contribution in [2.45, 2.75) is 11.1 Å². The van der Waals surface area contributed by atoms with Gasteiger partial charge < -0.3 is 14.2 Å². The molecule has 0 amide bonds. The van der Waals surface area contributed by atoms with Gasteiger partial charge in [0.15, 0.2) is 0 Å². The first kappa shape index (κ1) is 26.1. The van der Waals surface area contributed by atoms with Crippen molar-refractivity contribution >= 4 is 57.4 Å². The van der Waals surface area contributed by atoms with E-state index in [0.29, 0.717) is 27.9 Å². The number of aliphatic imine (C=N–C) groups is 1. The van der Waals surface area contributed by atoms with Crippen LogP contribution < -0.4 is 14.0 Å². The van der Waals surface area contributed by atoms with Gasteiger partial charge in [0.05, 0.1) is 21.8 Å². The van der Waals surface area contributed by atoms with Crippen molar-refractivity contribution in [3.63, 3.8) is 0 Å². The Bertz CT molecular complexity index is 1450. The van der Waals surface area contributed by atoms with Crippen LogP contribution in [0, 0.1) is 24.1 Å². The molecule has 0 saturated carbocycles. The highest BCUT2D eigenvalue weighted by Crippen LogP contribution is 2.44. The Morgan fingerprint density at radius 1 is 1.35 bits per heavy atom. The first-order valence-electron chi connectivity index (χ1n) is 9.46. The van der Waals surface area contributed by atoms with E-state index >= 15 is 0 Å². The Labute approximate surface area is 204 Å². The van der Waals surface area contributed by atoms with Gasteiger partial charge in [-0.1, -0.05) is 11.6 Å². The summed E-state index contributed by atoms with van der Waals surface area (Å²) in [6, 6.07) is 7.77. The van der Waals surface area contributed by atoms with Gasteiger partial charge in [0.2, 0.25) is 0 Å². The monoisotopic (exact) mass is 545 g/mol. The van der Waals surface area contributed by atoms with E-state index in [0.717, 1.165) is 29.5 Å². The lowest BCUT2D eigenvalue weighted by Gasteiger charge is -2.14. The summed E-state index contributed by atoms with van der Waals surface area (Å²) in [7, 11) is -8.78. The molecule has 0 aliphatic carbocycles. The quantitative estimate of drug-likeness (QED) is 0.218. The topological polar surface area (TPSA) is 138 Å². The number of nitrogens with zero attached hydrogens (tertiary/aromatic N) is 2. The molecule has 1 heterocycles. The number of hydrogen-bond acceptors (Lipinski definition) is 8. The lowest BCUT2D eigenvalue weighted by atomic mass is 10.2. The molecule has 3 aromatic rings. The first-order chi connectivity index (χ1) is 16.0. The van der Waals surface area contributed by atoms with Crippen LogP contribution in [0.3, 0.4) is 0 Å². The van der Waals surface area contributed by atoms with Gasteiger partial charge in [0, 0.05) is 17.5 Å². The normalized spacial score (nSPS) is 13.3. The maximum absolute atomic E-state index is 13.7. The van der Waals surface area contributed by atoms with Gasteiger partial charge >= 0.3 is 7.60 Å². The van der Waals surface area contributed by atoms with Crippen molar-refractivity contribution in [2.75, 3.05) is 19.4 Å². The minimum absolute atomic E-state index is 0.0984. The van der Waals surface area contributed by atoms with Crippen LogP contribution in [0.5, 0.6) is 11.5 Å². The molecule has 0 aliphatic heterocycles. The molecule has 1 aromatic heterocycles. The zero-order valence-electron chi connectivity index (χ0n) is 17.6. The summed E-state index contributed by atoms with van der Waals surface area (Å²) in [5, 5.41) is 9.58. The molecule has 0 bridgehead atoms. The van der Waals surface area contributed by atoms with E-state index in [9.17, 15) is 22.3 Å². The fraction of sp³-hybridized carbons (Fsp3) is 0.200. The molecule has 2 aromatic carbocycles. The predicted molar refractivity (Wildman–Crippen MR) is 128 cm³/mol. The maximum Gasteiger partial charge on any atom is 0.391 e. The molecule has 34 heavy (non-hydrogen) atoms. The molecular weight excluding hydrogens is 528 g/mol. The number of hydrogen-bond donors (Lipinski definition) is 2. The van der Waals surface area contributed by atoms with Crippen molar-refractivity contribution < 1.29 is 31.5 Å². The molecule has 1 unspecified atom stereocenters. The number of thiophene rings is 1. The standard InChI is InChI=1S/C20H18ClFN3O6PS2/c1-12-16-7-15(30-6-5-24-2)8-17(21)19(16)33-20(12)34(28,29)25-11-32(26,27)31-14-4-3-13(10-23)18(22)9-14/h3-4,7-9,25H,2,5-6,11H2,1H3,(H,26,27). The molecule has 2 N–H and O–H groups in total. The molecule has 0 saturated heterocycles. The van der Waals surface area contributed by atoms with Gasteiger partial charge in [-0.05, 0) is 37.4 Å². The van der Waals surface area contributed by atoms with Crippen molar-refractivity contribution in [3.8, 4) is 17.6 Å². The molecule has 0 spiro atoms. The Morgan fingerprint density at radius 3 is 2.74 bits per heavy atom. The summed E-state index contributed by atoms with van der Waals surface area (Å²) in [6.07, 6.45) is -0.971. The fourth-order valence-corrected chi connectivity index (χ4v) is 7.47. The van der Waals surface area contributed by atoms with Crippen LogP contribution in [0.1, 0.15) is 11.1 Å². The third kappa shape index (κ3) is 5.93. The number of sulfonamides is 1. The van der Waals surface area contributed by atoms with Crippen LogP contribution >= 0.6 is 30.5 Å². The second-order valence-corrected chi connectivity index (χ2v) is 12.0. The molecule has 1 atom stereocenters. The summed E-state index contributed by atoms with van der Waals surface area (Å²) in [5.74, 6) is -0.838. The number of aryl methyl sites for hydroxylation is 1.